The molecule has 0 fully saturated rings. The Balaban J connectivity index is 1.75. The van der Waals surface area contributed by atoms with Crippen molar-refractivity contribution in [2.75, 3.05) is 13.3 Å². The molecule has 0 bridgehead atoms. The van der Waals surface area contributed by atoms with Gasteiger partial charge in [-0.15, -0.1) is 0 Å². The number of hydrogen-bond acceptors (Lipinski definition) is 4. The Bertz CT molecular complexity index is 906. The molecule has 0 aliphatic rings. The van der Waals surface area contributed by atoms with E-state index in [-0.39, 0.29) is 11.9 Å². The van der Waals surface area contributed by atoms with Gasteiger partial charge in [0.1, 0.15) is 12.7 Å². The zero-order chi connectivity index (χ0) is 18.7. The molecule has 3 rings (SSSR count). The maximum Gasteiger partial charge on any atom is 0.254 e. The molecule has 1 heterocycles. The molecule has 0 saturated heterocycles. The highest BCUT2D eigenvalue weighted by Gasteiger charge is 2.19. The molecular weight excluding hydrogens is 348 g/mol. The second-order valence-electron chi connectivity index (χ2n) is 6.00. The predicted molar refractivity (Wildman–Crippen MR) is 101 cm³/mol. The summed E-state index contributed by atoms with van der Waals surface area (Å²) in [5.74, 6) is -0.0775. The fraction of sp³-hybridized carbons (Fsp3) is 0.211. The van der Waals surface area contributed by atoms with Crippen molar-refractivity contribution < 1.29 is 9.00 Å². The molecule has 2 unspecified atom stereocenters. The SMILES string of the molecule is CC(c1ccc(-n2cncn2)cc1)N(C)C(=O)c1ccc(S(C)=O)cc1. The number of carbonyl (C=O) groups excluding carboxylic acids is 1. The monoisotopic (exact) mass is 368 g/mol. The van der Waals surface area contributed by atoms with E-state index in [0.717, 1.165) is 11.3 Å². The highest BCUT2D eigenvalue weighted by Crippen LogP contribution is 2.22. The van der Waals surface area contributed by atoms with Gasteiger partial charge < -0.3 is 4.90 Å². The first-order valence-corrected chi connectivity index (χ1v) is 9.69. The van der Waals surface area contributed by atoms with Crippen LogP contribution in [0.5, 0.6) is 0 Å². The first-order chi connectivity index (χ1) is 12.5. The van der Waals surface area contributed by atoms with Crippen molar-refractivity contribution in [2.45, 2.75) is 17.9 Å². The van der Waals surface area contributed by atoms with Gasteiger partial charge in [0.25, 0.3) is 5.91 Å². The summed E-state index contributed by atoms with van der Waals surface area (Å²) < 4.78 is 13.2. The van der Waals surface area contributed by atoms with Crippen LogP contribution >= 0.6 is 0 Å². The molecule has 0 aliphatic heterocycles. The van der Waals surface area contributed by atoms with Gasteiger partial charge in [-0.2, -0.15) is 5.10 Å². The standard InChI is InChI=1S/C19H20N4O2S/c1-14(15-4-8-17(9-5-15)23-13-20-12-21-23)22(2)19(24)16-6-10-18(11-7-16)26(3)25/h4-14H,1-3H3. The molecule has 0 N–H and O–H groups in total. The van der Waals surface area contributed by atoms with Gasteiger partial charge in [-0.25, -0.2) is 9.67 Å². The molecule has 1 aromatic heterocycles. The lowest BCUT2D eigenvalue weighted by atomic mass is 10.1. The molecule has 1 amide bonds. The fourth-order valence-corrected chi connectivity index (χ4v) is 3.16. The predicted octanol–water partition coefficient (Wildman–Crippen LogP) is 2.84. The Kier molecular flexibility index (Phi) is 5.27. The smallest absolute Gasteiger partial charge is 0.254 e. The maximum absolute atomic E-state index is 12.7. The summed E-state index contributed by atoms with van der Waals surface area (Å²) in [7, 11) is 0.731. The highest BCUT2D eigenvalue weighted by molar-refractivity contribution is 7.84. The van der Waals surface area contributed by atoms with Crippen LogP contribution in [-0.2, 0) is 10.8 Å². The number of nitrogens with zero attached hydrogens (tertiary/aromatic N) is 4. The molecule has 0 radical (unpaired) electrons. The number of benzene rings is 2. The molecule has 7 heteroatoms. The summed E-state index contributed by atoms with van der Waals surface area (Å²) >= 11 is 0. The van der Waals surface area contributed by atoms with E-state index in [1.165, 1.54) is 6.33 Å². The molecule has 0 aliphatic carbocycles. The highest BCUT2D eigenvalue weighted by atomic mass is 32.2. The molecule has 3 aromatic rings. The first-order valence-electron chi connectivity index (χ1n) is 8.13. The Morgan fingerprint density at radius 2 is 1.77 bits per heavy atom. The van der Waals surface area contributed by atoms with Crippen molar-refractivity contribution >= 4 is 16.7 Å². The molecule has 6 nitrogen and oxygen atoms in total. The summed E-state index contributed by atoms with van der Waals surface area (Å²) in [6, 6.07) is 14.7. The zero-order valence-electron chi connectivity index (χ0n) is 14.9. The zero-order valence-corrected chi connectivity index (χ0v) is 15.7. The second-order valence-corrected chi connectivity index (χ2v) is 7.38. The minimum Gasteiger partial charge on any atom is -0.335 e. The van der Waals surface area contributed by atoms with Gasteiger partial charge in [0, 0.05) is 34.6 Å². The van der Waals surface area contributed by atoms with E-state index < -0.39 is 10.8 Å². The van der Waals surface area contributed by atoms with Crippen LogP contribution in [0.25, 0.3) is 5.69 Å². The topological polar surface area (TPSA) is 68.1 Å². The quantitative estimate of drug-likeness (QED) is 0.694. The third kappa shape index (κ3) is 3.72. The van der Waals surface area contributed by atoms with Gasteiger partial charge in [-0.05, 0) is 48.9 Å². The average Bonchev–Trinajstić information content (AvgIpc) is 3.21. The average molecular weight is 368 g/mol. The third-order valence-corrected chi connectivity index (χ3v) is 5.33. The number of aromatic nitrogens is 3. The second kappa shape index (κ2) is 7.61. The van der Waals surface area contributed by atoms with E-state index in [4.69, 9.17) is 0 Å². The van der Waals surface area contributed by atoms with Crippen LogP contribution in [0, 0.1) is 0 Å². The summed E-state index contributed by atoms with van der Waals surface area (Å²) in [5.41, 5.74) is 2.51. The molecule has 2 aromatic carbocycles. The van der Waals surface area contributed by atoms with E-state index in [1.807, 2.05) is 31.2 Å². The number of rotatable bonds is 5. The van der Waals surface area contributed by atoms with E-state index in [2.05, 4.69) is 10.1 Å². The van der Waals surface area contributed by atoms with E-state index >= 15 is 0 Å². The van der Waals surface area contributed by atoms with Crippen LogP contribution in [0.15, 0.2) is 66.1 Å². The van der Waals surface area contributed by atoms with Crippen molar-refractivity contribution in [2.24, 2.45) is 0 Å². The van der Waals surface area contributed by atoms with Crippen LogP contribution in [0.3, 0.4) is 0 Å². The normalized spacial score (nSPS) is 13.2. The lowest BCUT2D eigenvalue weighted by Crippen LogP contribution is -2.29. The van der Waals surface area contributed by atoms with Gasteiger partial charge >= 0.3 is 0 Å². The van der Waals surface area contributed by atoms with Gasteiger partial charge in [0.05, 0.1) is 11.7 Å². The van der Waals surface area contributed by atoms with Crippen LogP contribution < -0.4 is 0 Å². The summed E-state index contributed by atoms with van der Waals surface area (Å²) in [6.45, 7) is 1.98. The van der Waals surface area contributed by atoms with Crippen molar-refractivity contribution in [1.82, 2.24) is 19.7 Å². The van der Waals surface area contributed by atoms with Gasteiger partial charge in [-0.1, -0.05) is 12.1 Å². The molecule has 2 atom stereocenters. The molecule has 26 heavy (non-hydrogen) atoms. The Labute approximate surface area is 154 Å². The summed E-state index contributed by atoms with van der Waals surface area (Å²) in [4.78, 5) is 19.1. The molecule has 0 saturated carbocycles. The van der Waals surface area contributed by atoms with Gasteiger partial charge in [0.15, 0.2) is 0 Å². The lowest BCUT2D eigenvalue weighted by molar-refractivity contribution is 0.0742. The number of hydrogen-bond donors (Lipinski definition) is 0. The van der Waals surface area contributed by atoms with Crippen molar-refractivity contribution in [1.29, 1.82) is 0 Å². The molecule has 0 spiro atoms. The minimum atomic E-state index is -1.05. The van der Waals surface area contributed by atoms with Crippen LogP contribution in [0.4, 0.5) is 0 Å². The van der Waals surface area contributed by atoms with Crippen molar-refractivity contribution in [3.05, 3.63) is 72.3 Å². The minimum absolute atomic E-state index is 0.0775. The summed E-state index contributed by atoms with van der Waals surface area (Å²) in [5, 5.41) is 4.10. The Morgan fingerprint density at radius 1 is 1.12 bits per heavy atom. The maximum atomic E-state index is 12.7. The molecule has 134 valence electrons. The fourth-order valence-electron chi connectivity index (χ4n) is 2.64. The van der Waals surface area contributed by atoms with Crippen LogP contribution in [-0.4, -0.2) is 43.1 Å². The van der Waals surface area contributed by atoms with E-state index in [1.54, 1.807) is 53.5 Å². The van der Waals surface area contributed by atoms with E-state index in [0.29, 0.717) is 10.5 Å². The number of amides is 1. The van der Waals surface area contributed by atoms with Gasteiger partial charge in [0.2, 0.25) is 0 Å². The first kappa shape index (κ1) is 18.0. The van der Waals surface area contributed by atoms with Crippen LogP contribution in [0.2, 0.25) is 0 Å². The largest absolute Gasteiger partial charge is 0.335 e. The lowest BCUT2D eigenvalue weighted by Gasteiger charge is -2.25. The van der Waals surface area contributed by atoms with E-state index in [9.17, 15) is 9.00 Å². The van der Waals surface area contributed by atoms with Crippen molar-refractivity contribution in [3.8, 4) is 5.69 Å². The summed E-state index contributed by atoms with van der Waals surface area (Å²) in [6.07, 6.45) is 4.75. The molecular formula is C19H20N4O2S. The Morgan fingerprint density at radius 3 is 2.31 bits per heavy atom. The number of carbonyl (C=O) groups is 1. The van der Waals surface area contributed by atoms with Crippen molar-refractivity contribution in [3.63, 3.8) is 0 Å². The Hall–Kier alpha value is -2.80. The van der Waals surface area contributed by atoms with Crippen LogP contribution in [0.1, 0.15) is 28.9 Å². The van der Waals surface area contributed by atoms with Gasteiger partial charge in [-0.3, -0.25) is 9.00 Å². The third-order valence-electron chi connectivity index (χ3n) is 4.39.